The fourth-order valence-electron chi connectivity index (χ4n) is 4.62. The number of carbonyl (C=O) groups is 2. The molecule has 0 saturated heterocycles. The second kappa shape index (κ2) is 11.6. The number of benzene rings is 3. The molecule has 4 rings (SSSR count). The first-order valence-corrected chi connectivity index (χ1v) is 12.0. The summed E-state index contributed by atoms with van der Waals surface area (Å²) in [4.78, 5) is 26.0. The molecule has 0 aromatic heterocycles. The summed E-state index contributed by atoms with van der Waals surface area (Å²) in [7, 11) is 3.24. The Morgan fingerprint density at radius 1 is 0.944 bits per heavy atom. The van der Waals surface area contributed by atoms with E-state index in [4.69, 9.17) is 19.3 Å². The van der Waals surface area contributed by atoms with Crippen molar-refractivity contribution in [3.8, 4) is 17.2 Å². The van der Waals surface area contributed by atoms with Crippen LogP contribution in [0.1, 0.15) is 34.7 Å². The highest BCUT2D eigenvalue weighted by Crippen LogP contribution is 2.39. The molecule has 0 fully saturated rings. The predicted octanol–water partition coefficient (Wildman–Crippen LogP) is 4.47. The summed E-state index contributed by atoms with van der Waals surface area (Å²) in [5.74, 6) is 0.981. The van der Waals surface area contributed by atoms with Crippen LogP contribution in [-0.2, 0) is 28.9 Å². The first-order valence-electron chi connectivity index (χ1n) is 12.0. The van der Waals surface area contributed by atoms with Gasteiger partial charge in [-0.15, -0.1) is 0 Å². The fraction of sp³-hybridized carbons (Fsp3) is 0.310. The number of hydrogen-bond donors (Lipinski definition) is 1. The van der Waals surface area contributed by atoms with Crippen molar-refractivity contribution in [3.63, 3.8) is 0 Å². The number of aliphatic carboxylic acids is 1. The van der Waals surface area contributed by atoms with Crippen molar-refractivity contribution in [2.24, 2.45) is 0 Å². The average Bonchev–Trinajstić information content (AvgIpc) is 2.91. The lowest BCUT2D eigenvalue weighted by molar-refractivity contribution is -0.137. The zero-order chi connectivity index (χ0) is 25.5. The standard InChI is InChI=1S/C29H31NO6/c1-34-26-17-22-14-15-30(25(24(22)18-27(26)35-2)16-21-6-4-3-5-7-21)28(31)19-36-23-11-8-20(9-12-23)10-13-29(32)33/h3-9,11-12,17-18,25H,10,13-16,19H2,1-2H3,(H,32,33). The minimum absolute atomic E-state index is 0.0780. The molecule has 1 heterocycles. The molecule has 3 aromatic carbocycles. The number of aryl methyl sites for hydroxylation is 1. The number of nitrogens with zero attached hydrogens (tertiary/aromatic N) is 1. The second-order valence-corrected chi connectivity index (χ2v) is 8.78. The number of rotatable bonds is 10. The maximum atomic E-state index is 13.4. The second-order valence-electron chi connectivity index (χ2n) is 8.78. The molecule has 3 aromatic rings. The minimum Gasteiger partial charge on any atom is -0.493 e. The highest BCUT2D eigenvalue weighted by atomic mass is 16.5. The van der Waals surface area contributed by atoms with Gasteiger partial charge in [-0.2, -0.15) is 0 Å². The Bertz CT molecular complexity index is 1190. The Morgan fingerprint density at radius 2 is 1.64 bits per heavy atom. The highest BCUT2D eigenvalue weighted by molar-refractivity contribution is 5.79. The zero-order valence-corrected chi connectivity index (χ0v) is 20.6. The molecule has 188 valence electrons. The number of ether oxygens (including phenoxy) is 3. The fourth-order valence-corrected chi connectivity index (χ4v) is 4.62. The molecule has 0 radical (unpaired) electrons. The normalized spacial score (nSPS) is 14.6. The van der Waals surface area contributed by atoms with E-state index in [2.05, 4.69) is 12.1 Å². The van der Waals surface area contributed by atoms with E-state index in [9.17, 15) is 9.59 Å². The summed E-state index contributed by atoms with van der Waals surface area (Å²) >= 11 is 0. The van der Waals surface area contributed by atoms with Gasteiger partial charge in [0.15, 0.2) is 18.1 Å². The molecule has 0 saturated carbocycles. The molecule has 0 spiro atoms. The summed E-state index contributed by atoms with van der Waals surface area (Å²) in [5.41, 5.74) is 4.26. The van der Waals surface area contributed by atoms with Gasteiger partial charge in [-0.1, -0.05) is 42.5 Å². The van der Waals surface area contributed by atoms with E-state index in [-0.39, 0.29) is 25.0 Å². The molecule has 7 nitrogen and oxygen atoms in total. The van der Waals surface area contributed by atoms with E-state index in [1.165, 1.54) is 0 Å². The van der Waals surface area contributed by atoms with Crippen molar-refractivity contribution in [2.45, 2.75) is 31.7 Å². The van der Waals surface area contributed by atoms with Crippen LogP contribution >= 0.6 is 0 Å². The van der Waals surface area contributed by atoms with Crippen LogP contribution in [0.4, 0.5) is 0 Å². The highest BCUT2D eigenvalue weighted by Gasteiger charge is 2.32. The SMILES string of the molecule is COc1cc2c(cc1OC)C(Cc1ccccc1)N(C(=O)COc1ccc(CCC(=O)O)cc1)CC2. The molecular weight excluding hydrogens is 458 g/mol. The topological polar surface area (TPSA) is 85.3 Å². The molecule has 36 heavy (non-hydrogen) atoms. The molecule has 1 atom stereocenters. The number of carbonyl (C=O) groups excluding carboxylic acids is 1. The van der Waals surface area contributed by atoms with Crippen molar-refractivity contribution in [1.29, 1.82) is 0 Å². The van der Waals surface area contributed by atoms with E-state index in [0.29, 0.717) is 43.1 Å². The number of hydrogen-bond acceptors (Lipinski definition) is 5. The van der Waals surface area contributed by atoms with Crippen molar-refractivity contribution >= 4 is 11.9 Å². The first-order chi connectivity index (χ1) is 17.5. The van der Waals surface area contributed by atoms with Crippen molar-refractivity contribution in [2.75, 3.05) is 27.4 Å². The Kier molecular flexibility index (Phi) is 8.10. The number of fused-ring (bicyclic) bond motifs is 1. The Labute approximate surface area is 211 Å². The molecular formula is C29H31NO6. The lowest BCUT2D eigenvalue weighted by Crippen LogP contribution is -2.43. The monoisotopic (exact) mass is 489 g/mol. The smallest absolute Gasteiger partial charge is 0.303 e. The van der Waals surface area contributed by atoms with Crippen LogP contribution in [0.15, 0.2) is 66.7 Å². The minimum atomic E-state index is -0.829. The Balaban J connectivity index is 1.52. The predicted molar refractivity (Wildman–Crippen MR) is 136 cm³/mol. The summed E-state index contributed by atoms with van der Waals surface area (Å²) in [6.07, 6.45) is 1.92. The van der Waals surface area contributed by atoms with E-state index in [1.807, 2.05) is 47.4 Å². The third kappa shape index (κ3) is 5.97. The van der Waals surface area contributed by atoms with Crippen LogP contribution < -0.4 is 14.2 Å². The molecule has 1 aliphatic heterocycles. The van der Waals surface area contributed by atoms with Crippen LogP contribution in [0.2, 0.25) is 0 Å². The molecule has 0 bridgehead atoms. The van der Waals surface area contributed by atoms with Gasteiger partial charge in [-0.05, 0) is 65.8 Å². The molecule has 1 N–H and O–H groups in total. The summed E-state index contributed by atoms with van der Waals surface area (Å²) in [6.45, 7) is 0.499. The Hall–Kier alpha value is -4.00. The molecule has 1 aliphatic rings. The average molecular weight is 490 g/mol. The zero-order valence-electron chi connectivity index (χ0n) is 20.6. The number of amides is 1. The van der Waals surface area contributed by atoms with Gasteiger partial charge < -0.3 is 24.2 Å². The maximum absolute atomic E-state index is 13.4. The van der Waals surface area contributed by atoms with E-state index in [1.54, 1.807) is 26.4 Å². The van der Waals surface area contributed by atoms with Crippen LogP contribution in [0.3, 0.4) is 0 Å². The lowest BCUT2D eigenvalue weighted by Gasteiger charge is -2.38. The van der Waals surface area contributed by atoms with E-state index < -0.39 is 5.97 Å². The third-order valence-electron chi connectivity index (χ3n) is 6.51. The summed E-state index contributed by atoms with van der Waals surface area (Å²) < 4.78 is 16.9. The lowest BCUT2D eigenvalue weighted by atomic mass is 9.88. The quantitative estimate of drug-likeness (QED) is 0.452. The van der Waals surface area contributed by atoms with Crippen molar-refractivity contribution in [3.05, 3.63) is 89.0 Å². The first kappa shape index (κ1) is 25.1. The Morgan fingerprint density at radius 3 is 2.31 bits per heavy atom. The van der Waals surface area contributed by atoms with Gasteiger partial charge in [-0.25, -0.2) is 0 Å². The molecule has 7 heteroatoms. The van der Waals surface area contributed by atoms with Crippen molar-refractivity contribution < 1.29 is 28.9 Å². The van der Waals surface area contributed by atoms with Gasteiger partial charge in [0.2, 0.25) is 0 Å². The molecule has 1 amide bonds. The molecule has 1 unspecified atom stereocenters. The summed E-state index contributed by atoms with van der Waals surface area (Å²) in [6, 6.07) is 21.2. The van der Waals surface area contributed by atoms with Gasteiger partial charge >= 0.3 is 5.97 Å². The van der Waals surface area contributed by atoms with E-state index >= 15 is 0 Å². The van der Waals surface area contributed by atoms with Crippen LogP contribution in [0.5, 0.6) is 17.2 Å². The maximum Gasteiger partial charge on any atom is 0.303 e. The van der Waals surface area contributed by atoms with Crippen molar-refractivity contribution in [1.82, 2.24) is 4.90 Å². The van der Waals surface area contributed by atoms with Gasteiger partial charge in [-0.3, -0.25) is 9.59 Å². The summed E-state index contributed by atoms with van der Waals surface area (Å²) in [5, 5.41) is 8.85. The van der Waals surface area contributed by atoms with Gasteiger partial charge in [0.05, 0.1) is 20.3 Å². The van der Waals surface area contributed by atoms with Gasteiger partial charge in [0.25, 0.3) is 5.91 Å². The third-order valence-corrected chi connectivity index (χ3v) is 6.51. The van der Waals surface area contributed by atoms with Gasteiger partial charge in [0.1, 0.15) is 5.75 Å². The number of methoxy groups -OCH3 is 2. The van der Waals surface area contributed by atoms with Gasteiger partial charge in [0, 0.05) is 13.0 Å². The number of carboxylic acids is 1. The van der Waals surface area contributed by atoms with Crippen LogP contribution in [-0.4, -0.2) is 49.3 Å². The van der Waals surface area contributed by atoms with E-state index in [0.717, 1.165) is 22.3 Å². The van der Waals surface area contributed by atoms with Crippen LogP contribution in [0, 0.1) is 0 Å². The number of carboxylic acid groups (broad SMARTS) is 1. The largest absolute Gasteiger partial charge is 0.493 e. The molecule has 0 aliphatic carbocycles. The van der Waals surface area contributed by atoms with Crippen LogP contribution in [0.25, 0.3) is 0 Å².